The van der Waals surface area contributed by atoms with Gasteiger partial charge in [-0.2, -0.15) is 5.10 Å². The van der Waals surface area contributed by atoms with Gasteiger partial charge in [0.1, 0.15) is 6.61 Å². The van der Waals surface area contributed by atoms with Crippen LogP contribution in [-0.4, -0.2) is 38.8 Å². The quantitative estimate of drug-likeness (QED) is 0.207. The summed E-state index contributed by atoms with van der Waals surface area (Å²) in [5.74, 6) is -0.878. The van der Waals surface area contributed by atoms with E-state index in [1.807, 2.05) is 38.1 Å². The molecule has 3 aromatic rings. The third-order valence-corrected chi connectivity index (χ3v) is 7.07. The maximum Gasteiger partial charge on any atom is 0.343 e. The van der Waals surface area contributed by atoms with Crippen molar-refractivity contribution in [1.29, 1.82) is 0 Å². The van der Waals surface area contributed by atoms with Crippen molar-refractivity contribution in [2.24, 2.45) is 16.8 Å². The van der Waals surface area contributed by atoms with Crippen LogP contribution in [0.1, 0.15) is 55.9 Å². The molecule has 4 N–H and O–H groups in total. The highest BCUT2D eigenvalue weighted by molar-refractivity contribution is 6.02. The van der Waals surface area contributed by atoms with Crippen molar-refractivity contribution in [2.45, 2.75) is 58.4 Å². The molecule has 1 amide bonds. The normalized spacial score (nSPS) is 19.0. The number of amides is 1. The Balaban J connectivity index is 1.62. The molecule has 2 atom stereocenters. The summed E-state index contributed by atoms with van der Waals surface area (Å²) in [6.45, 7) is 5.66. The number of nitrogens with one attached hydrogen (secondary N) is 1. The van der Waals surface area contributed by atoms with E-state index in [1.54, 1.807) is 23.8 Å². The fourth-order valence-corrected chi connectivity index (χ4v) is 5.07. The minimum atomic E-state index is -1.90. The van der Waals surface area contributed by atoms with Gasteiger partial charge in [0.2, 0.25) is 0 Å². The average molecular weight is 504 g/mol. The predicted molar refractivity (Wildman–Crippen MR) is 138 cm³/mol. The van der Waals surface area contributed by atoms with Crippen LogP contribution in [0.25, 0.3) is 22.3 Å². The van der Waals surface area contributed by atoms with Crippen LogP contribution in [-0.2, 0) is 33.1 Å². The van der Waals surface area contributed by atoms with Crippen LogP contribution in [0.15, 0.2) is 40.2 Å². The lowest BCUT2D eigenvalue weighted by atomic mass is 9.86. The Morgan fingerprint density at radius 2 is 2.08 bits per heavy atom. The van der Waals surface area contributed by atoms with Crippen LogP contribution in [0, 0.1) is 5.92 Å². The number of rotatable bonds is 6. The molecule has 0 saturated heterocycles. The number of pyridine rings is 2. The first-order valence-electron chi connectivity index (χ1n) is 12.3. The highest BCUT2D eigenvalue weighted by Crippen LogP contribution is 2.39. The van der Waals surface area contributed by atoms with Crippen LogP contribution in [0.4, 0.5) is 0 Å². The Morgan fingerprint density at radius 1 is 1.32 bits per heavy atom. The van der Waals surface area contributed by atoms with Crippen LogP contribution in [0.5, 0.6) is 0 Å². The van der Waals surface area contributed by atoms with Crippen molar-refractivity contribution in [3.63, 3.8) is 0 Å². The highest BCUT2D eigenvalue weighted by Gasteiger charge is 2.45. The van der Waals surface area contributed by atoms with E-state index < -0.39 is 17.6 Å². The molecule has 192 valence electrons. The number of aromatic nitrogens is 2. The monoisotopic (exact) mass is 503 g/mol. The molecule has 2 aliphatic rings. The molecule has 1 aromatic carbocycles. The number of esters is 1. The van der Waals surface area contributed by atoms with Gasteiger partial charge in [0.25, 0.3) is 11.5 Å². The first-order chi connectivity index (χ1) is 17.7. The van der Waals surface area contributed by atoms with Gasteiger partial charge in [0.15, 0.2) is 5.60 Å². The smallest absolute Gasteiger partial charge is 0.343 e. The lowest BCUT2D eigenvalue weighted by Gasteiger charge is -2.31. The van der Waals surface area contributed by atoms with Gasteiger partial charge in [-0.1, -0.05) is 39.0 Å². The largest absolute Gasteiger partial charge is 0.458 e. The van der Waals surface area contributed by atoms with E-state index >= 15 is 0 Å². The van der Waals surface area contributed by atoms with E-state index in [4.69, 9.17) is 15.5 Å². The number of hydrogen-bond acceptors (Lipinski definition) is 8. The molecule has 0 spiro atoms. The summed E-state index contributed by atoms with van der Waals surface area (Å²) in [4.78, 5) is 43.1. The Hall–Kier alpha value is -3.89. The second-order valence-corrected chi connectivity index (χ2v) is 9.94. The Kier molecular flexibility index (Phi) is 6.17. The zero-order chi connectivity index (χ0) is 26.5. The molecule has 10 nitrogen and oxygen atoms in total. The van der Waals surface area contributed by atoms with Gasteiger partial charge in [0, 0.05) is 22.1 Å². The van der Waals surface area contributed by atoms with E-state index in [9.17, 15) is 19.5 Å². The number of cyclic esters (lactones) is 1. The summed E-state index contributed by atoms with van der Waals surface area (Å²) >= 11 is 0. The lowest BCUT2D eigenvalue weighted by Crippen LogP contribution is -2.44. The summed E-state index contributed by atoms with van der Waals surface area (Å²) in [5, 5.41) is 16.1. The van der Waals surface area contributed by atoms with Gasteiger partial charge in [0.05, 0.1) is 41.3 Å². The first-order valence-corrected chi connectivity index (χ1v) is 12.3. The summed E-state index contributed by atoms with van der Waals surface area (Å²) in [5.41, 5.74) is 9.95. The second-order valence-electron chi connectivity index (χ2n) is 9.94. The van der Waals surface area contributed by atoms with Crippen molar-refractivity contribution in [1.82, 2.24) is 15.0 Å². The van der Waals surface area contributed by atoms with E-state index in [1.165, 1.54) is 0 Å². The number of aliphatic hydroxyl groups is 1. The number of nitrogens with zero attached hydrogens (tertiary/aromatic N) is 3. The summed E-state index contributed by atoms with van der Waals surface area (Å²) in [6.07, 6.45) is 2.15. The topological polar surface area (TPSA) is 149 Å². The molecule has 4 heterocycles. The third kappa shape index (κ3) is 4.02. The molecule has 2 aromatic heterocycles. The van der Waals surface area contributed by atoms with Gasteiger partial charge in [-0.15, -0.1) is 0 Å². The molecule has 0 aliphatic carbocycles. The molecule has 0 radical (unpaired) electrons. The SMILES string of the molecule is CC[C@@]1(O)C(=O)OCc2c1cc1n(c2=O)Cc2c-1nc1ccccc1c2C=NNC(=O)C(N)CC(C)C. The summed E-state index contributed by atoms with van der Waals surface area (Å²) in [6, 6.07) is 8.48. The molecule has 1 unspecified atom stereocenters. The number of carbonyl (C=O) groups is 2. The molecule has 37 heavy (non-hydrogen) atoms. The number of carbonyl (C=O) groups excluding carboxylic acids is 2. The van der Waals surface area contributed by atoms with Crippen molar-refractivity contribution in [2.75, 3.05) is 0 Å². The maximum absolute atomic E-state index is 13.5. The molecular weight excluding hydrogens is 474 g/mol. The van der Waals surface area contributed by atoms with Crippen molar-refractivity contribution >= 4 is 29.0 Å². The molecule has 2 aliphatic heterocycles. The molecule has 5 rings (SSSR count). The zero-order valence-corrected chi connectivity index (χ0v) is 20.9. The van der Waals surface area contributed by atoms with E-state index in [0.29, 0.717) is 28.9 Å². The van der Waals surface area contributed by atoms with Gasteiger partial charge in [-0.05, 0) is 30.9 Å². The van der Waals surface area contributed by atoms with Crippen molar-refractivity contribution in [3.8, 4) is 11.4 Å². The number of benzene rings is 1. The first kappa shape index (κ1) is 24.8. The predicted octanol–water partition coefficient (Wildman–Crippen LogP) is 1.90. The molecular formula is C27H29N5O5. The molecule has 0 fully saturated rings. The lowest BCUT2D eigenvalue weighted by molar-refractivity contribution is -0.172. The van der Waals surface area contributed by atoms with Gasteiger partial charge < -0.3 is 20.1 Å². The van der Waals surface area contributed by atoms with Crippen LogP contribution in [0.2, 0.25) is 0 Å². The molecule has 0 saturated carbocycles. The third-order valence-electron chi connectivity index (χ3n) is 7.07. The van der Waals surface area contributed by atoms with Crippen molar-refractivity contribution in [3.05, 3.63) is 62.9 Å². The fraction of sp³-hybridized carbons (Fsp3) is 0.370. The number of hydrazone groups is 1. The standard InChI is InChI=1S/C27H29N5O5/c1-4-27(36)19-10-22-23-17(12-32(22)25(34)18(19)13-37-26(27)35)16(15-7-5-6-8-21(15)30-23)11-29-31-24(33)20(28)9-14(2)3/h5-8,10-11,14,20,36H,4,9,12-13,28H2,1-3H3,(H,31,33)/t20?,27-/m0/s1. The Morgan fingerprint density at radius 3 is 2.81 bits per heavy atom. The van der Waals surface area contributed by atoms with Crippen LogP contribution in [0.3, 0.4) is 0 Å². The van der Waals surface area contributed by atoms with E-state index in [0.717, 1.165) is 10.9 Å². The Bertz CT molecular complexity index is 1530. The summed E-state index contributed by atoms with van der Waals surface area (Å²) < 4.78 is 6.71. The minimum absolute atomic E-state index is 0.0658. The number of ether oxygens (including phenoxy) is 1. The number of hydrogen-bond donors (Lipinski definition) is 3. The number of fused-ring (bicyclic) bond motifs is 5. The van der Waals surface area contributed by atoms with Gasteiger partial charge in [-0.25, -0.2) is 15.2 Å². The van der Waals surface area contributed by atoms with E-state index in [2.05, 4.69) is 10.5 Å². The zero-order valence-electron chi connectivity index (χ0n) is 20.9. The highest BCUT2D eigenvalue weighted by atomic mass is 16.6. The molecule has 10 heteroatoms. The van der Waals surface area contributed by atoms with Crippen LogP contribution >= 0.6 is 0 Å². The molecule has 0 bridgehead atoms. The minimum Gasteiger partial charge on any atom is -0.458 e. The second kappa shape index (κ2) is 9.20. The fourth-order valence-electron chi connectivity index (χ4n) is 5.07. The Labute approximate surface area is 213 Å². The number of para-hydroxylation sites is 1. The average Bonchev–Trinajstić information content (AvgIpc) is 3.24. The van der Waals surface area contributed by atoms with E-state index in [-0.39, 0.29) is 48.1 Å². The van der Waals surface area contributed by atoms with Crippen LogP contribution < -0.4 is 16.7 Å². The van der Waals surface area contributed by atoms with Gasteiger partial charge in [-0.3, -0.25) is 9.59 Å². The summed E-state index contributed by atoms with van der Waals surface area (Å²) in [7, 11) is 0. The number of nitrogens with two attached hydrogens (primary N) is 1. The maximum atomic E-state index is 13.5. The van der Waals surface area contributed by atoms with Crippen molar-refractivity contribution < 1.29 is 19.4 Å². The van der Waals surface area contributed by atoms with Gasteiger partial charge >= 0.3 is 5.97 Å².